The Morgan fingerprint density at radius 2 is 2.20 bits per heavy atom. The molecular weight excluding hydrogens is 180 g/mol. The lowest BCUT2D eigenvalue weighted by molar-refractivity contribution is 0.300. The molecule has 0 saturated carbocycles. The smallest absolute Gasteiger partial charge is 0.376 e. The van der Waals surface area contributed by atoms with Gasteiger partial charge in [-0.2, -0.15) is 12.0 Å². The second-order valence-corrected chi connectivity index (χ2v) is 3.29. The predicted octanol–water partition coefficient (Wildman–Crippen LogP) is -0.0416. The summed E-state index contributed by atoms with van der Waals surface area (Å²) in [5, 5.41) is 8.57. The van der Waals surface area contributed by atoms with Gasteiger partial charge in [-0.05, 0) is 0 Å². The lowest BCUT2D eigenvalue weighted by Crippen LogP contribution is -2.02. The summed E-state index contributed by atoms with van der Waals surface area (Å²) in [7, 11) is -4.47. The van der Waals surface area contributed by atoms with Gasteiger partial charge in [0.2, 0.25) is 0 Å². The third kappa shape index (κ3) is 6.05. The molecule has 2 N–H and O–H groups in total. The highest BCUT2D eigenvalue weighted by atomic mass is 32.3. The molecule has 1 atom stereocenters. The SMILES string of the molecule is C=CC(O)SOS(=O)(=O)O. The first kappa shape index (κ1) is 9.92. The molecular formula is C3H6O5S2. The lowest BCUT2D eigenvalue weighted by atomic mass is 10.7. The van der Waals surface area contributed by atoms with Crippen LogP contribution in [0.15, 0.2) is 12.7 Å². The first-order valence-corrected chi connectivity index (χ1v) is 4.25. The highest BCUT2D eigenvalue weighted by Crippen LogP contribution is 2.12. The van der Waals surface area contributed by atoms with E-state index in [-0.39, 0.29) is 12.0 Å². The molecule has 0 fully saturated rings. The third-order valence-corrected chi connectivity index (χ3v) is 1.82. The van der Waals surface area contributed by atoms with Crippen molar-refractivity contribution in [1.82, 2.24) is 0 Å². The van der Waals surface area contributed by atoms with Crippen LogP contribution in [0.4, 0.5) is 0 Å². The van der Waals surface area contributed by atoms with Crippen LogP contribution in [-0.4, -0.2) is 23.5 Å². The zero-order valence-electron chi connectivity index (χ0n) is 4.80. The Bertz CT molecular complexity index is 195. The Labute approximate surface area is 62.9 Å². The number of rotatable bonds is 4. The summed E-state index contributed by atoms with van der Waals surface area (Å²) in [5.74, 6) is 0. The molecule has 0 heterocycles. The number of hydrogen-bond acceptors (Lipinski definition) is 5. The Balaban J connectivity index is 3.66. The van der Waals surface area contributed by atoms with Gasteiger partial charge < -0.3 is 5.11 Å². The van der Waals surface area contributed by atoms with E-state index in [1.165, 1.54) is 0 Å². The predicted molar refractivity (Wildman–Crippen MR) is 36.4 cm³/mol. The molecule has 5 nitrogen and oxygen atoms in total. The monoisotopic (exact) mass is 186 g/mol. The molecule has 10 heavy (non-hydrogen) atoms. The Kier molecular flexibility index (Phi) is 3.91. The van der Waals surface area contributed by atoms with Crippen LogP contribution in [0.1, 0.15) is 0 Å². The minimum Gasteiger partial charge on any atom is -0.376 e. The van der Waals surface area contributed by atoms with Crippen molar-refractivity contribution in [2.45, 2.75) is 5.44 Å². The zero-order valence-corrected chi connectivity index (χ0v) is 6.43. The van der Waals surface area contributed by atoms with Gasteiger partial charge in [0, 0.05) is 0 Å². The van der Waals surface area contributed by atoms with E-state index in [0.717, 1.165) is 6.08 Å². The topological polar surface area (TPSA) is 83.8 Å². The highest BCUT2D eigenvalue weighted by Gasteiger charge is 2.08. The third-order valence-electron chi connectivity index (χ3n) is 0.425. The normalized spacial score (nSPS) is 14.6. The fourth-order valence-corrected chi connectivity index (χ4v) is 0.927. The van der Waals surface area contributed by atoms with Crippen molar-refractivity contribution in [3.05, 3.63) is 12.7 Å². The minimum atomic E-state index is -4.47. The minimum absolute atomic E-state index is 0.183. The molecule has 0 aliphatic carbocycles. The Morgan fingerprint density at radius 3 is 2.50 bits per heavy atom. The first-order valence-electron chi connectivity index (χ1n) is 2.08. The van der Waals surface area contributed by atoms with Gasteiger partial charge >= 0.3 is 10.4 Å². The van der Waals surface area contributed by atoms with Crippen LogP contribution in [0.2, 0.25) is 0 Å². The summed E-state index contributed by atoms with van der Waals surface area (Å²) in [6.07, 6.45) is 1.05. The number of aliphatic hydroxyl groups excluding tert-OH is 1. The van der Waals surface area contributed by atoms with Gasteiger partial charge in [-0.15, -0.1) is 0 Å². The van der Waals surface area contributed by atoms with Crippen molar-refractivity contribution in [2.75, 3.05) is 0 Å². The van der Waals surface area contributed by atoms with E-state index < -0.39 is 15.8 Å². The molecule has 0 aliphatic heterocycles. The summed E-state index contributed by atoms with van der Waals surface area (Å²) < 4.78 is 31.3. The number of aliphatic hydroxyl groups is 1. The average molecular weight is 186 g/mol. The van der Waals surface area contributed by atoms with Crippen molar-refractivity contribution in [3.8, 4) is 0 Å². The van der Waals surface area contributed by atoms with Crippen LogP contribution in [0.25, 0.3) is 0 Å². The second-order valence-electron chi connectivity index (χ2n) is 1.22. The van der Waals surface area contributed by atoms with E-state index in [1.807, 2.05) is 0 Å². The van der Waals surface area contributed by atoms with Crippen molar-refractivity contribution < 1.29 is 21.7 Å². The molecule has 60 valence electrons. The molecule has 0 aliphatic rings. The average Bonchev–Trinajstić information content (AvgIpc) is 1.81. The van der Waals surface area contributed by atoms with E-state index >= 15 is 0 Å². The summed E-state index contributed by atoms with van der Waals surface area (Å²) in [6, 6.07) is 0. The molecule has 0 amide bonds. The fraction of sp³-hybridized carbons (Fsp3) is 0.333. The molecule has 0 aromatic rings. The van der Waals surface area contributed by atoms with Gasteiger partial charge in [-0.3, -0.25) is 4.55 Å². The van der Waals surface area contributed by atoms with Crippen molar-refractivity contribution >= 4 is 22.4 Å². The Hall–Kier alpha value is -0.0800. The van der Waals surface area contributed by atoms with Gasteiger partial charge in [0.15, 0.2) is 0 Å². The van der Waals surface area contributed by atoms with Crippen molar-refractivity contribution in [3.63, 3.8) is 0 Å². The maximum absolute atomic E-state index is 9.82. The zero-order chi connectivity index (χ0) is 8.20. The molecule has 0 radical (unpaired) electrons. The van der Waals surface area contributed by atoms with Gasteiger partial charge in [0.05, 0.1) is 12.0 Å². The van der Waals surface area contributed by atoms with E-state index in [9.17, 15) is 8.42 Å². The largest absolute Gasteiger partial charge is 0.408 e. The molecule has 0 aromatic heterocycles. The second kappa shape index (κ2) is 3.94. The van der Waals surface area contributed by atoms with Crippen molar-refractivity contribution in [1.29, 1.82) is 0 Å². The summed E-state index contributed by atoms with van der Waals surface area (Å²) in [4.78, 5) is 0. The molecule has 0 bridgehead atoms. The first-order chi connectivity index (χ1) is 4.45. The Morgan fingerprint density at radius 1 is 1.70 bits per heavy atom. The quantitative estimate of drug-likeness (QED) is 0.277. The van der Waals surface area contributed by atoms with Gasteiger partial charge in [0.25, 0.3) is 0 Å². The molecule has 0 aromatic carbocycles. The van der Waals surface area contributed by atoms with Gasteiger partial charge in [0.1, 0.15) is 5.44 Å². The van der Waals surface area contributed by atoms with E-state index in [4.69, 9.17) is 9.66 Å². The summed E-state index contributed by atoms with van der Waals surface area (Å²) in [5.41, 5.74) is -1.16. The van der Waals surface area contributed by atoms with E-state index in [0.29, 0.717) is 0 Å². The van der Waals surface area contributed by atoms with Crippen LogP contribution in [0, 0.1) is 0 Å². The summed E-state index contributed by atoms with van der Waals surface area (Å²) in [6.45, 7) is 3.13. The van der Waals surface area contributed by atoms with Crippen LogP contribution >= 0.6 is 12.0 Å². The molecule has 0 spiro atoms. The standard InChI is InChI=1S/C3H6O5S2/c1-2-3(4)9-8-10(5,6)7/h2-4H,1H2,(H,5,6,7). The molecule has 0 saturated heterocycles. The van der Waals surface area contributed by atoms with E-state index in [2.05, 4.69) is 10.2 Å². The number of hydrogen-bond donors (Lipinski definition) is 2. The lowest BCUT2D eigenvalue weighted by Gasteiger charge is -1.99. The van der Waals surface area contributed by atoms with Crippen molar-refractivity contribution in [2.24, 2.45) is 0 Å². The molecule has 0 rings (SSSR count). The molecule has 1 unspecified atom stereocenters. The summed E-state index contributed by atoms with van der Waals surface area (Å²) >= 11 is 0.183. The van der Waals surface area contributed by atoms with Crippen LogP contribution in [-0.2, 0) is 14.0 Å². The van der Waals surface area contributed by atoms with E-state index in [1.54, 1.807) is 0 Å². The van der Waals surface area contributed by atoms with Gasteiger partial charge in [-0.1, -0.05) is 12.7 Å². The van der Waals surface area contributed by atoms with Crippen LogP contribution < -0.4 is 0 Å². The fourth-order valence-electron chi connectivity index (χ4n) is 0.129. The maximum Gasteiger partial charge on any atom is 0.408 e. The van der Waals surface area contributed by atoms with Gasteiger partial charge in [-0.25, -0.2) is 0 Å². The maximum atomic E-state index is 9.82. The molecule has 7 heteroatoms. The van der Waals surface area contributed by atoms with Crippen LogP contribution in [0.5, 0.6) is 0 Å². The van der Waals surface area contributed by atoms with Crippen LogP contribution in [0.3, 0.4) is 0 Å². The highest BCUT2D eigenvalue weighted by molar-refractivity contribution is 8.03.